The molecule has 4 rings (SSSR count). The van der Waals surface area contributed by atoms with E-state index < -0.39 is 22.8 Å². The van der Waals surface area contributed by atoms with Crippen LogP contribution in [0.1, 0.15) is 25.8 Å². The standard InChI is InChI=1S/C29H29ClN4O5/c1-29(2,25(35)38-3)17-18-33-27(36)32-26(34(28(33)37)19-20-9-11-21(30)12-10-20)31-22-13-15-24(16-14-22)39-23-7-5-4-6-8-23/h4-16H,17-19H2,1-3H3,(H,31,32,36). The van der Waals surface area contributed by atoms with Crippen LogP contribution in [-0.2, 0) is 22.6 Å². The molecule has 1 aromatic heterocycles. The largest absolute Gasteiger partial charge is 0.469 e. The lowest BCUT2D eigenvalue weighted by molar-refractivity contribution is -0.151. The van der Waals surface area contributed by atoms with Crippen molar-refractivity contribution >= 4 is 23.3 Å². The maximum absolute atomic E-state index is 13.6. The highest BCUT2D eigenvalue weighted by Gasteiger charge is 2.29. The van der Waals surface area contributed by atoms with Crippen LogP contribution >= 0.6 is 11.6 Å². The molecular weight excluding hydrogens is 520 g/mol. The highest BCUT2D eigenvalue weighted by atomic mass is 35.5. The van der Waals surface area contributed by atoms with E-state index in [1.54, 1.807) is 62.4 Å². The number of carbonyl (C=O) groups excluding carboxylic acids is 1. The SMILES string of the molecule is COC(=O)C(C)(C)CCn1c(=O)[nH]/c(=N\c2ccc(Oc3ccccc3)cc2)n(Cc2ccc(Cl)cc2)c1=O. The first kappa shape index (κ1) is 27.7. The van der Waals surface area contributed by atoms with Gasteiger partial charge in [0, 0.05) is 11.6 Å². The van der Waals surface area contributed by atoms with Gasteiger partial charge in [0.2, 0.25) is 5.62 Å². The molecule has 0 unspecified atom stereocenters. The first-order valence-corrected chi connectivity index (χ1v) is 12.7. The molecule has 3 aromatic carbocycles. The van der Waals surface area contributed by atoms with E-state index in [4.69, 9.17) is 21.1 Å². The summed E-state index contributed by atoms with van der Waals surface area (Å²) in [6.45, 7) is 3.56. The lowest BCUT2D eigenvalue weighted by Gasteiger charge is -2.21. The fourth-order valence-electron chi connectivity index (χ4n) is 3.86. The molecule has 202 valence electrons. The number of benzene rings is 3. The summed E-state index contributed by atoms with van der Waals surface area (Å²) in [6, 6.07) is 23.4. The van der Waals surface area contributed by atoms with E-state index in [1.165, 1.54) is 11.7 Å². The van der Waals surface area contributed by atoms with Crippen LogP contribution in [0.2, 0.25) is 5.02 Å². The van der Waals surface area contributed by atoms with Crippen molar-refractivity contribution in [2.24, 2.45) is 10.4 Å². The summed E-state index contributed by atoms with van der Waals surface area (Å²) in [5.74, 6) is 0.893. The van der Waals surface area contributed by atoms with Crippen molar-refractivity contribution < 1.29 is 14.3 Å². The average molecular weight is 549 g/mol. The number of halogens is 1. The molecule has 0 fully saturated rings. The number of H-pyrrole nitrogens is 1. The molecule has 39 heavy (non-hydrogen) atoms. The second kappa shape index (κ2) is 12.0. The molecule has 0 saturated carbocycles. The maximum Gasteiger partial charge on any atom is 0.335 e. The van der Waals surface area contributed by atoms with Gasteiger partial charge in [-0.25, -0.2) is 19.1 Å². The van der Waals surface area contributed by atoms with Gasteiger partial charge in [-0.2, -0.15) is 0 Å². The zero-order chi connectivity index (χ0) is 28.0. The van der Waals surface area contributed by atoms with Crippen molar-refractivity contribution in [2.45, 2.75) is 33.4 Å². The minimum absolute atomic E-state index is 0.0166. The number of esters is 1. The summed E-state index contributed by atoms with van der Waals surface area (Å²) in [5.41, 5.74) is -0.681. The zero-order valence-corrected chi connectivity index (χ0v) is 22.6. The summed E-state index contributed by atoms with van der Waals surface area (Å²) < 4.78 is 13.1. The Labute approximate surface area is 230 Å². The zero-order valence-electron chi connectivity index (χ0n) is 21.9. The quantitative estimate of drug-likeness (QED) is 0.306. The van der Waals surface area contributed by atoms with Crippen LogP contribution in [0.3, 0.4) is 0 Å². The number of aromatic amines is 1. The summed E-state index contributed by atoms with van der Waals surface area (Å²) in [5, 5.41) is 0.565. The Morgan fingerprint density at radius 2 is 1.56 bits per heavy atom. The third-order valence-corrected chi connectivity index (χ3v) is 6.44. The first-order valence-electron chi connectivity index (χ1n) is 12.3. The van der Waals surface area contributed by atoms with Gasteiger partial charge in [-0.05, 0) is 74.4 Å². The Morgan fingerprint density at radius 1 is 0.923 bits per heavy atom. The Kier molecular flexibility index (Phi) is 8.51. The van der Waals surface area contributed by atoms with E-state index in [-0.39, 0.29) is 25.1 Å². The van der Waals surface area contributed by atoms with Crippen molar-refractivity contribution in [1.82, 2.24) is 14.1 Å². The molecule has 0 atom stereocenters. The number of methoxy groups -OCH3 is 1. The normalized spacial score (nSPS) is 11.8. The summed E-state index contributed by atoms with van der Waals surface area (Å²) in [6.07, 6.45) is 0.225. The molecule has 0 amide bonds. The fraction of sp³-hybridized carbons (Fsp3) is 0.241. The van der Waals surface area contributed by atoms with Gasteiger partial charge in [0.25, 0.3) is 0 Å². The van der Waals surface area contributed by atoms with Gasteiger partial charge in [-0.3, -0.25) is 14.3 Å². The van der Waals surface area contributed by atoms with E-state index >= 15 is 0 Å². The molecule has 0 radical (unpaired) electrons. The van der Waals surface area contributed by atoms with Crippen molar-refractivity contribution in [3.05, 3.63) is 116 Å². The van der Waals surface area contributed by atoms with E-state index in [1.807, 2.05) is 30.3 Å². The molecule has 1 N–H and O–H groups in total. The Morgan fingerprint density at radius 3 is 2.21 bits per heavy atom. The van der Waals surface area contributed by atoms with Crippen LogP contribution in [0.15, 0.2) is 93.4 Å². The minimum Gasteiger partial charge on any atom is -0.469 e. The number of nitrogens with one attached hydrogen (secondary N) is 1. The fourth-order valence-corrected chi connectivity index (χ4v) is 3.99. The Hall–Kier alpha value is -4.37. The molecule has 9 nitrogen and oxygen atoms in total. The molecule has 0 aliphatic heterocycles. The smallest absolute Gasteiger partial charge is 0.335 e. The number of nitrogens with zero attached hydrogens (tertiary/aromatic N) is 3. The number of hydrogen-bond donors (Lipinski definition) is 1. The molecule has 0 aliphatic carbocycles. The molecule has 0 spiro atoms. The van der Waals surface area contributed by atoms with Gasteiger partial charge in [0.1, 0.15) is 11.5 Å². The summed E-state index contributed by atoms with van der Waals surface area (Å²) in [7, 11) is 1.31. The van der Waals surface area contributed by atoms with Gasteiger partial charge in [0.05, 0.1) is 24.8 Å². The van der Waals surface area contributed by atoms with Gasteiger partial charge < -0.3 is 9.47 Å². The van der Waals surface area contributed by atoms with Crippen LogP contribution < -0.4 is 21.7 Å². The van der Waals surface area contributed by atoms with Crippen LogP contribution in [0.4, 0.5) is 5.69 Å². The van der Waals surface area contributed by atoms with Gasteiger partial charge in [0.15, 0.2) is 0 Å². The predicted molar refractivity (Wildman–Crippen MR) is 148 cm³/mol. The minimum atomic E-state index is -0.881. The van der Waals surface area contributed by atoms with Crippen molar-refractivity contribution in [1.29, 1.82) is 0 Å². The number of hydrogen-bond acceptors (Lipinski definition) is 6. The van der Waals surface area contributed by atoms with Crippen LogP contribution in [0, 0.1) is 5.41 Å². The van der Waals surface area contributed by atoms with Gasteiger partial charge >= 0.3 is 17.3 Å². The van der Waals surface area contributed by atoms with Crippen LogP contribution in [0.5, 0.6) is 11.5 Å². The topological polar surface area (TPSA) is 108 Å². The number of carbonyl (C=O) groups is 1. The lowest BCUT2D eigenvalue weighted by Crippen LogP contribution is -2.50. The highest BCUT2D eigenvalue weighted by Crippen LogP contribution is 2.24. The van der Waals surface area contributed by atoms with Crippen molar-refractivity contribution in [3.63, 3.8) is 0 Å². The van der Waals surface area contributed by atoms with E-state index in [9.17, 15) is 14.4 Å². The number of rotatable bonds is 9. The third kappa shape index (κ3) is 6.94. The van der Waals surface area contributed by atoms with Crippen molar-refractivity contribution in [2.75, 3.05) is 7.11 Å². The van der Waals surface area contributed by atoms with E-state index in [0.717, 1.165) is 10.1 Å². The molecule has 0 saturated heterocycles. The number of ether oxygens (including phenoxy) is 2. The maximum atomic E-state index is 13.6. The van der Waals surface area contributed by atoms with Gasteiger partial charge in [-0.1, -0.05) is 41.9 Å². The van der Waals surface area contributed by atoms with Crippen LogP contribution in [0.25, 0.3) is 0 Å². The highest BCUT2D eigenvalue weighted by molar-refractivity contribution is 6.30. The lowest BCUT2D eigenvalue weighted by atomic mass is 9.89. The summed E-state index contributed by atoms with van der Waals surface area (Å²) >= 11 is 6.03. The Bertz CT molecular complexity index is 1620. The first-order chi connectivity index (χ1) is 18.7. The molecular formula is C29H29ClN4O5. The monoisotopic (exact) mass is 548 g/mol. The second-order valence-corrected chi connectivity index (χ2v) is 9.98. The third-order valence-electron chi connectivity index (χ3n) is 6.18. The average Bonchev–Trinajstić information content (AvgIpc) is 2.93. The molecule has 10 heteroatoms. The molecule has 0 aliphatic rings. The van der Waals surface area contributed by atoms with E-state index in [2.05, 4.69) is 9.98 Å². The second-order valence-electron chi connectivity index (χ2n) is 9.55. The van der Waals surface area contributed by atoms with Crippen molar-refractivity contribution in [3.8, 4) is 11.5 Å². The van der Waals surface area contributed by atoms with E-state index in [0.29, 0.717) is 22.2 Å². The number of para-hydroxylation sites is 1. The predicted octanol–water partition coefficient (Wildman–Crippen LogP) is 4.65. The molecule has 4 aromatic rings. The molecule has 0 bridgehead atoms. The van der Waals surface area contributed by atoms with Crippen LogP contribution in [-0.4, -0.2) is 27.2 Å². The number of aromatic nitrogens is 3. The summed E-state index contributed by atoms with van der Waals surface area (Å²) in [4.78, 5) is 46.0. The Balaban J connectivity index is 1.72. The van der Waals surface area contributed by atoms with Gasteiger partial charge in [-0.15, -0.1) is 0 Å². The molecule has 1 heterocycles.